The zero-order valence-corrected chi connectivity index (χ0v) is 16.8. The Labute approximate surface area is 169 Å². The molecule has 0 aliphatic heterocycles. The van der Waals surface area contributed by atoms with Gasteiger partial charge in [0, 0.05) is 37.1 Å². The standard InChI is InChI=1S/C22H24N4OS/c1-2-3-4-5-17-6-8-18(9-7-17)10-11-26-15-20(21(27)25-22(26)28)12-19-13-23-16-24-14-19/h4-9,13-16H,2-3,10-12H2,1H3,(H,25,27,28). The first-order valence-electron chi connectivity index (χ1n) is 9.47. The van der Waals surface area contributed by atoms with Crippen LogP contribution >= 0.6 is 12.2 Å². The molecule has 6 heteroatoms. The summed E-state index contributed by atoms with van der Waals surface area (Å²) in [6, 6.07) is 8.55. The number of nitrogens with one attached hydrogen (secondary N) is 1. The number of rotatable bonds is 8. The minimum absolute atomic E-state index is 0.159. The zero-order valence-electron chi connectivity index (χ0n) is 16.0. The van der Waals surface area contributed by atoms with Gasteiger partial charge in [0.05, 0.1) is 0 Å². The minimum atomic E-state index is -0.159. The molecule has 0 spiro atoms. The number of aromatic nitrogens is 4. The van der Waals surface area contributed by atoms with Crippen LogP contribution in [0.15, 0.2) is 60.1 Å². The maximum absolute atomic E-state index is 12.2. The predicted octanol–water partition coefficient (Wildman–Crippen LogP) is 4.34. The maximum atomic E-state index is 12.2. The topological polar surface area (TPSA) is 63.6 Å². The van der Waals surface area contributed by atoms with E-state index in [1.54, 1.807) is 12.4 Å². The molecule has 0 radical (unpaired) electrons. The Kier molecular flexibility index (Phi) is 7.03. The SMILES string of the molecule is CCCC=Cc1ccc(CCn2cc(Cc3cncnc3)c(=O)[nH]c2=S)cc1. The molecule has 0 saturated carbocycles. The minimum Gasteiger partial charge on any atom is -0.325 e. The average molecular weight is 393 g/mol. The second kappa shape index (κ2) is 9.90. The van der Waals surface area contributed by atoms with Crippen LogP contribution in [0, 0.1) is 4.77 Å². The summed E-state index contributed by atoms with van der Waals surface area (Å²) in [5, 5.41) is 0. The van der Waals surface area contributed by atoms with Crippen LogP contribution in [0.5, 0.6) is 0 Å². The van der Waals surface area contributed by atoms with E-state index in [4.69, 9.17) is 12.2 Å². The number of hydrogen-bond donors (Lipinski definition) is 1. The molecule has 0 fully saturated rings. The van der Waals surface area contributed by atoms with Crippen molar-refractivity contribution >= 4 is 18.3 Å². The largest absolute Gasteiger partial charge is 0.325 e. The van der Waals surface area contributed by atoms with Crippen molar-refractivity contribution in [3.63, 3.8) is 0 Å². The molecule has 0 aliphatic rings. The maximum Gasteiger partial charge on any atom is 0.255 e. The van der Waals surface area contributed by atoms with Crippen molar-refractivity contribution in [2.75, 3.05) is 0 Å². The van der Waals surface area contributed by atoms with Crippen LogP contribution < -0.4 is 5.56 Å². The second-order valence-corrected chi connectivity index (χ2v) is 7.10. The molecule has 0 aliphatic carbocycles. The quantitative estimate of drug-likeness (QED) is 0.579. The highest BCUT2D eigenvalue weighted by Crippen LogP contribution is 2.10. The molecular weight excluding hydrogens is 368 g/mol. The Morgan fingerprint density at radius 1 is 1.14 bits per heavy atom. The van der Waals surface area contributed by atoms with Crippen molar-refractivity contribution in [2.24, 2.45) is 0 Å². The van der Waals surface area contributed by atoms with Gasteiger partial charge in [0.25, 0.3) is 5.56 Å². The van der Waals surface area contributed by atoms with Gasteiger partial charge >= 0.3 is 0 Å². The molecule has 0 amide bonds. The van der Waals surface area contributed by atoms with Crippen LogP contribution in [0.25, 0.3) is 6.08 Å². The summed E-state index contributed by atoms with van der Waals surface area (Å²) in [4.78, 5) is 23.0. The fraction of sp³-hybridized carbons (Fsp3) is 0.273. The van der Waals surface area contributed by atoms with Crippen molar-refractivity contribution in [2.45, 2.75) is 39.2 Å². The highest BCUT2D eigenvalue weighted by molar-refractivity contribution is 7.71. The first-order valence-corrected chi connectivity index (χ1v) is 9.88. The predicted molar refractivity (Wildman–Crippen MR) is 115 cm³/mol. The summed E-state index contributed by atoms with van der Waals surface area (Å²) in [5.41, 5.74) is 3.83. The first kappa shape index (κ1) is 19.9. The lowest BCUT2D eigenvalue weighted by atomic mass is 10.1. The smallest absolute Gasteiger partial charge is 0.255 e. The summed E-state index contributed by atoms with van der Waals surface area (Å²) in [5.74, 6) is 0. The first-order chi connectivity index (χ1) is 13.7. The van der Waals surface area contributed by atoms with Gasteiger partial charge in [-0.1, -0.05) is 49.8 Å². The van der Waals surface area contributed by atoms with E-state index in [0.717, 1.165) is 24.8 Å². The number of allylic oxidation sites excluding steroid dienone is 1. The normalized spacial score (nSPS) is 11.2. The van der Waals surface area contributed by atoms with Gasteiger partial charge in [0.2, 0.25) is 0 Å². The van der Waals surface area contributed by atoms with E-state index in [9.17, 15) is 4.79 Å². The molecule has 144 valence electrons. The molecular formula is C22H24N4OS. The van der Waals surface area contributed by atoms with Crippen LogP contribution in [0.1, 0.15) is 42.0 Å². The number of aromatic amines is 1. The number of benzene rings is 1. The van der Waals surface area contributed by atoms with Gasteiger partial charge in [-0.15, -0.1) is 0 Å². The summed E-state index contributed by atoms with van der Waals surface area (Å²) in [6.07, 6.45) is 14.7. The number of unbranched alkanes of at least 4 members (excludes halogenated alkanes) is 1. The molecule has 3 aromatic rings. The number of hydrogen-bond acceptors (Lipinski definition) is 4. The van der Waals surface area contributed by atoms with Crippen molar-refractivity contribution < 1.29 is 0 Å². The van der Waals surface area contributed by atoms with Gasteiger partial charge in [-0.2, -0.15) is 0 Å². The highest BCUT2D eigenvalue weighted by atomic mass is 32.1. The highest BCUT2D eigenvalue weighted by Gasteiger charge is 2.05. The summed E-state index contributed by atoms with van der Waals surface area (Å²) in [6.45, 7) is 2.88. The molecule has 3 rings (SSSR count). The van der Waals surface area contributed by atoms with Crippen LogP contribution in [0.2, 0.25) is 0 Å². The summed E-state index contributed by atoms with van der Waals surface area (Å²) in [7, 11) is 0. The number of H-pyrrole nitrogens is 1. The van der Waals surface area contributed by atoms with E-state index < -0.39 is 0 Å². The van der Waals surface area contributed by atoms with E-state index >= 15 is 0 Å². The third-order valence-electron chi connectivity index (χ3n) is 4.48. The Hall–Kier alpha value is -2.86. The molecule has 0 unspecified atom stereocenters. The lowest BCUT2D eigenvalue weighted by Gasteiger charge is -2.09. The molecule has 0 atom stereocenters. The van der Waals surface area contributed by atoms with Crippen LogP contribution in [-0.4, -0.2) is 19.5 Å². The molecule has 2 heterocycles. The van der Waals surface area contributed by atoms with E-state index in [2.05, 4.69) is 58.3 Å². The van der Waals surface area contributed by atoms with E-state index in [-0.39, 0.29) is 5.56 Å². The monoisotopic (exact) mass is 392 g/mol. The summed E-state index contributed by atoms with van der Waals surface area (Å²) >= 11 is 5.33. The average Bonchev–Trinajstić information content (AvgIpc) is 2.71. The third-order valence-corrected chi connectivity index (χ3v) is 4.82. The van der Waals surface area contributed by atoms with Crippen LogP contribution in [0.4, 0.5) is 0 Å². The molecule has 28 heavy (non-hydrogen) atoms. The zero-order chi connectivity index (χ0) is 19.8. The Balaban J connectivity index is 1.69. The van der Waals surface area contributed by atoms with Crippen LogP contribution in [0.3, 0.4) is 0 Å². The fourth-order valence-electron chi connectivity index (χ4n) is 2.92. The van der Waals surface area contributed by atoms with Crippen molar-refractivity contribution in [3.05, 3.63) is 92.6 Å². The third kappa shape index (κ3) is 5.57. The van der Waals surface area contributed by atoms with Gasteiger partial charge in [-0.05, 0) is 41.7 Å². The van der Waals surface area contributed by atoms with E-state index in [1.807, 2.05) is 10.8 Å². The Morgan fingerprint density at radius 2 is 1.89 bits per heavy atom. The lowest BCUT2D eigenvalue weighted by molar-refractivity contribution is 0.655. The number of nitrogens with zero attached hydrogens (tertiary/aromatic N) is 3. The molecule has 1 N–H and O–H groups in total. The molecule has 0 saturated heterocycles. The van der Waals surface area contributed by atoms with E-state index in [0.29, 0.717) is 23.3 Å². The van der Waals surface area contributed by atoms with Gasteiger partial charge in [-0.25, -0.2) is 9.97 Å². The Bertz CT molecular complexity index is 1040. The fourth-order valence-corrected chi connectivity index (χ4v) is 3.16. The van der Waals surface area contributed by atoms with Crippen LogP contribution in [-0.2, 0) is 19.4 Å². The van der Waals surface area contributed by atoms with Gasteiger partial charge in [-0.3, -0.25) is 9.78 Å². The second-order valence-electron chi connectivity index (χ2n) is 6.71. The molecule has 5 nitrogen and oxygen atoms in total. The number of aryl methyl sites for hydroxylation is 2. The molecule has 2 aromatic heterocycles. The van der Waals surface area contributed by atoms with Gasteiger partial charge in [0.1, 0.15) is 6.33 Å². The van der Waals surface area contributed by atoms with E-state index in [1.165, 1.54) is 17.5 Å². The van der Waals surface area contributed by atoms with Gasteiger partial charge in [0.15, 0.2) is 4.77 Å². The Morgan fingerprint density at radius 3 is 2.61 bits per heavy atom. The van der Waals surface area contributed by atoms with Gasteiger partial charge < -0.3 is 4.57 Å². The lowest BCUT2D eigenvalue weighted by Crippen LogP contribution is -2.19. The van der Waals surface area contributed by atoms with Crippen molar-refractivity contribution in [1.29, 1.82) is 0 Å². The van der Waals surface area contributed by atoms with Crippen molar-refractivity contribution in [1.82, 2.24) is 19.5 Å². The van der Waals surface area contributed by atoms with Crippen molar-refractivity contribution in [3.8, 4) is 0 Å². The molecule has 0 bridgehead atoms. The molecule has 1 aromatic carbocycles. The summed E-state index contributed by atoms with van der Waals surface area (Å²) < 4.78 is 2.36.